The lowest BCUT2D eigenvalue weighted by Crippen LogP contribution is -2.32. The van der Waals surface area contributed by atoms with E-state index in [1.54, 1.807) is 12.1 Å². The molecule has 0 spiro atoms. The number of fused-ring (bicyclic) bond motifs is 1. The van der Waals surface area contributed by atoms with Gasteiger partial charge in [-0.25, -0.2) is 0 Å². The van der Waals surface area contributed by atoms with E-state index in [4.69, 9.17) is 11.6 Å². The van der Waals surface area contributed by atoms with Crippen LogP contribution >= 0.6 is 23.4 Å². The van der Waals surface area contributed by atoms with Gasteiger partial charge in [0.2, 0.25) is 5.91 Å². The Morgan fingerprint density at radius 1 is 1.47 bits per heavy atom. The highest BCUT2D eigenvalue weighted by Gasteiger charge is 2.29. The van der Waals surface area contributed by atoms with Gasteiger partial charge in [0.25, 0.3) is 5.24 Å². The zero-order valence-corrected chi connectivity index (χ0v) is 11.1. The van der Waals surface area contributed by atoms with Crippen molar-refractivity contribution in [3.8, 4) is 0 Å². The highest BCUT2D eigenvalue weighted by Crippen LogP contribution is 2.38. The van der Waals surface area contributed by atoms with Crippen LogP contribution in [0.5, 0.6) is 0 Å². The minimum atomic E-state index is -0.516. The summed E-state index contributed by atoms with van der Waals surface area (Å²) in [6.07, 6.45) is 0. The zero-order chi connectivity index (χ0) is 12.6. The third-order valence-corrected chi connectivity index (χ3v) is 4.42. The maximum absolute atomic E-state index is 11.8. The molecule has 0 bridgehead atoms. The molecule has 0 aliphatic carbocycles. The van der Waals surface area contributed by atoms with Crippen molar-refractivity contribution >= 4 is 40.2 Å². The van der Waals surface area contributed by atoms with Gasteiger partial charge in [-0.1, -0.05) is 13.8 Å². The Hall–Kier alpha value is -1.00. The van der Waals surface area contributed by atoms with Gasteiger partial charge >= 0.3 is 0 Å². The lowest BCUT2D eigenvalue weighted by molar-refractivity contribution is -0.116. The number of anilines is 1. The number of benzene rings is 1. The number of carbonyl (C=O) groups is 2. The quantitative estimate of drug-likeness (QED) is 0.839. The second kappa shape index (κ2) is 4.70. The van der Waals surface area contributed by atoms with Gasteiger partial charge in [0.1, 0.15) is 0 Å². The molecule has 0 radical (unpaired) electrons. The van der Waals surface area contributed by atoms with Crippen molar-refractivity contribution in [3.63, 3.8) is 0 Å². The molecule has 1 heterocycles. The molecule has 90 valence electrons. The lowest BCUT2D eigenvalue weighted by Gasteiger charge is -2.26. The average Bonchev–Trinajstić information content (AvgIpc) is 2.26. The van der Waals surface area contributed by atoms with E-state index in [-0.39, 0.29) is 17.1 Å². The van der Waals surface area contributed by atoms with Gasteiger partial charge < -0.3 is 5.32 Å². The third kappa shape index (κ3) is 2.48. The van der Waals surface area contributed by atoms with Crippen LogP contribution in [0.3, 0.4) is 0 Å². The summed E-state index contributed by atoms with van der Waals surface area (Å²) in [6, 6.07) is 5.12. The first-order valence-corrected chi connectivity index (χ1v) is 6.56. The summed E-state index contributed by atoms with van der Waals surface area (Å²) >= 11 is 6.93. The van der Waals surface area contributed by atoms with Crippen LogP contribution in [0, 0.1) is 5.92 Å². The smallest absolute Gasteiger partial charge is 0.252 e. The third-order valence-electron chi connectivity index (χ3n) is 2.58. The number of hydrogen-bond acceptors (Lipinski definition) is 3. The summed E-state index contributed by atoms with van der Waals surface area (Å²) < 4.78 is 0. The molecular weight excluding hydrogens is 258 g/mol. The van der Waals surface area contributed by atoms with E-state index < -0.39 is 5.24 Å². The lowest BCUT2D eigenvalue weighted by atomic mass is 10.1. The molecule has 1 aromatic carbocycles. The number of hydrogen-bond donors (Lipinski definition) is 1. The minimum Gasteiger partial charge on any atom is -0.324 e. The fraction of sp³-hybridized carbons (Fsp3) is 0.333. The van der Waals surface area contributed by atoms with Crippen LogP contribution in [0.1, 0.15) is 24.2 Å². The van der Waals surface area contributed by atoms with Crippen LogP contribution in [-0.4, -0.2) is 16.4 Å². The molecular formula is C12H12ClNO2S. The van der Waals surface area contributed by atoms with E-state index in [0.717, 1.165) is 4.90 Å². The first-order valence-electron chi connectivity index (χ1n) is 5.30. The molecule has 1 unspecified atom stereocenters. The molecule has 1 aliphatic rings. The van der Waals surface area contributed by atoms with E-state index in [0.29, 0.717) is 11.3 Å². The Morgan fingerprint density at radius 2 is 2.18 bits per heavy atom. The van der Waals surface area contributed by atoms with Crippen LogP contribution in [-0.2, 0) is 4.79 Å². The van der Waals surface area contributed by atoms with Crippen molar-refractivity contribution in [1.82, 2.24) is 0 Å². The van der Waals surface area contributed by atoms with E-state index in [2.05, 4.69) is 5.32 Å². The van der Waals surface area contributed by atoms with Crippen LogP contribution < -0.4 is 5.32 Å². The van der Waals surface area contributed by atoms with Crippen molar-refractivity contribution in [2.75, 3.05) is 5.32 Å². The largest absolute Gasteiger partial charge is 0.324 e. The molecule has 0 fully saturated rings. The Balaban J connectivity index is 2.35. The second-order valence-corrected chi connectivity index (χ2v) is 5.78. The van der Waals surface area contributed by atoms with Crippen molar-refractivity contribution < 1.29 is 9.59 Å². The van der Waals surface area contributed by atoms with Crippen molar-refractivity contribution in [3.05, 3.63) is 23.8 Å². The Kier molecular flexibility index (Phi) is 3.45. The fourth-order valence-electron chi connectivity index (χ4n) is 1.69. The molecule has 1 atom stereocenters. The predicted octanol–water partition coefficient (Wildman–Crippen LogP) is 3.13. The van der Waals surface area contributed by atoms with Crippen molar-refractivity contribution in [1.29, 1.82) is 0 Å². The minimum absolute atomic E-state index is 0.0170. The molecule has 2 rings (SSSR count). The Labute approximate surface area is 109 Å². The Morgan fingerprint density at radius 3 is 2.76 bits per heavy atom. The van der Waals surface area contributed by atoms with Gasteiger partial charge in [-0.05, 0) is 35.7 Å². The summed E-state index contributed by atoms with van der Waals surface area (Å²) in [4.78, 5) is 23.8. The molecule has 1 amide bonds. The zero-order valence-electron chi connectivity index (χ0n) is 9.49. The summed E-state index contributed by atoms with van der Waals surface area (Å²) in [5.41, 5.74) is 1.07. The van der Waals surface area contributed by atoms with Gasteiger partial charge in [0.15, 0.2) is 0 Å². The summed E-state index contributed by atoms with van der Waals surface area (Å²) in [5, 5.41) is 2.22. The molecule has 0 saturated heterocycles. The van der Waals surface area contributed by atoms with Gasteiger partial charge in [0.05, 0.1) is 10.9 Å². The van der Waals surface area contributed by atoms with Gasteiger partial charge in [-0.3, -0.25) is 9.59 Å². The van der Waals surface area contributed by atoms with Gasteiger partial charge in [0, 0.05) is 10.5 Å². The number of amides is 1. The highest BCUT2D eigenvalue weighted by molar-refractivity contribution is 8.01. The van der Waals surface area contributed by atoms with Crippen molar-refractivity contribution in [2.45, 2.75) is 24.0 Å². The van der Waals surface area contributed by atoms with Crippen LogP contribution in [0.25, 0.3) is 0 Å². The Bertz CT molecular complexity index is 487. The van der Waals surface area contributed by atoms with E-state index in [1.807, 2.05) is 19.9 Å². The number of halogens is 1. The predicted molar refractivity (Wildman–Crippen MR) is 69.7 cm³/mol. The number of carbonyl (C=O) groups excluding carboxylic acids is 2. The van der Waals surface area contributed by atoms with Crippen LogP contribution in [0.2, 0.25) is 0 Å². The summed E-state index contributed by atoms with van der Waals surface area (Å²) in [6.45, 7) is 4.03. The molecule has 0 saturated carbocycles. The number of rotatable bonds is 2. The van der Waals surface area contributed by atoms with Gasteiger partial charge in [-0.15, -0.1) is 11.8 Å². The first-order chi connectivity index (χ1) is 7.99. The summed E-state index contributed by atoms with van der Waals surface area (Å²) in [7, 11) is 0. The number of thioether (sulfide) groups is 1. The molecule has 3 nitrogen and oxygen atoms in total. The molecule has 1 aliphatic heterocycles. The molecule has 1 N–H and O–H groups in total. The maximum Gasteiger partial charge on any atom is 0.252 e. The topological polar surface area (TPSA) is 46.2 Å². The standard InChI is InChI=1S/C12H12ClNO2S/c1-6(2)10-12(16)14-8-5-7(11(13)15)3-4-9(8)17-10/h3-6,10H,1-2H3,(H,14,16). The molecule has 5 heteroatoms. The van der Waals surface area contributed by atoms with Gasteiger partial charge in [-0.2, -0.15) is 0 Å². The monoisotopic (exact) mass is 269 g/mol. The first kappa shape index (κ1) is 12.5. The van der Waals surface area contributed by atoms with Crippen LogP contribution in [0.4, 0.5) is 5.69 Å². The average molecular weight is 270 g/mol. The number of nitrogens with one attached hydrogen (secondary N) is 1. The van der Waals surface area contributed by atoms with E-state index >= 15 is 0 Å². The molecule has 0 aromatic heterocycles. The second-order valence-electron chi connectivity index (χ2n) is 4.26. The van der Waals surface area contributed by atoms with E-state index in [9.17, 15) is 9.59 Å². The normalized spacial score (nSPS) is 18.8. The van der Waals surface area contributed by atoms with Crippen LogP contribution in [0.15, 0.2) is 23.1 Å². The van der Waals surface area contributed by atoms with Crippen molar-refractivity contribution in [2.24, 2.45) is 5.92 Å². The SMILES string of the molecule is CC(C)C1Sc2ccc(C(=O)Cl)cc2NC1=O. The fourth-order valence-corrected chi connectivity index (χ4v) is 2.90. The summed E-state index contributed by atoms with van der Waals surface area (Å²) in [5.74, 6) is 0.249. The highest BCUT2D eigenvalue weighted by atomic mass is 35.5. The molecule has 1 aromatic rings. The molecule has 17 heavy (non-hydrogen) atoms. The van der Waals surface area contributed by atoms with E-state index in [1.165, 1.54) is 11.8 Å². The maximum atomic E-state index is 11.8.